The first-order chi connectivity index (χ1) is 12.4. The van der Waals surface area contributed by atoms with Crippen LogP contribution in [0.4, 0.5) is 0 Å². The first-order valence-corrected chi connectivity index (χ1v) is 12.2. The van der Waals surface area contributed by atoms with Crippen molar-refractivity contribution in [2.75, 3.05) is 39.3 Å². The molecule has 2 saturated heterocycles. The molecule has 1 amide bonds. The van der Waals surface area contributed by atoms with Crippen LogP contribution < -0.4 is 0 Å². The van der Waals surface area contributed by atoms with Crippen LogP contribution in [0.5, 0.6) is 0 Å². The van der Waals surface area contributed by atoms with E-state index in [1.807, 2.05) is 11.8 Å². The number of sulfonamides is 1. The summed E-state index contributed by atoms with van der Waals surface area (Å²) in [6.07, 6.45) is 4.57. The minimum atomic E-state index is -3.44. The van der Waals surface area contributed by atoms with Gasteiger partial charge in [0.15, 0.2) is 0 Å². The van der Waals surface area contributed by atoms with Gasteiger partial charge in [0.25, 0.3) is 10.0 Å². The van der Waals surface area contributed by atoms with Gasteiger partial charge in [-0.15, -0.1) is 11.3 Å². The fraction of sp³-hybridized carbons (Fsp3) is 0.706. The highest BCUT2D eigenvalue weighted by atomic mass is 79.9. The van der Waals surface area contributed by atoms with Gasteiger partial charge in [0.2, 0.25) is 5.91 Å². The van der Waals surface area contributed by atoms with Crippen LogP contribution in [-0.4, -0.2) is 73.7 Å². The van der Waals surface area contributed by atoms with E-state index in [2.05, 4.69) is 20.8 Å². The summed E-state index contributed by atoms with van der Waals surface area (Å²) in [6, 6.07) is 3.21. The summed E-state index contributed by atoms with van der Waals surface area (Å²) in [5, 5.41) is 0. The number of likely N-dealkylation sites (tertiary alicyclic amines) is 1. The number of nitrogens with zero attached hydrogens (tertiary/aromatic N) is 3. The van der Waals surface area contributed by atoms with E-state index in [0.717, 1.165) is 29.7 Å². The number of thiophene rings is 1. The predicted molar refractivity (Wildman–Crippen MR) is 107 cm³/mol. The quantitative estimate of drug-likeness (QED) is 0.688. The molecule has 2 aliphatic rings. The summed E-state index contributed by atoms with van der Waals surface area (Å²) in [4.78, 5) is 16.9. The highest BCUT2D eigenvalue weighted by Crippen LogP contribution is 2.29. The van der Waals surface area contributed by atoms with Crippen LogP contribution in [0, 0.1) is 0 Å². The van der Waals surface area contributed by atoms with E-state index in [4.69, 9.17) is 0 Å². The number of amides is 1. The molecule has 1 atom stereocenters. The number of hydrogen-bond donors (Lipinski definition) is 0. The molecule has 6 nitrogen and oxygen atoms in total. The highest BCUT2D eigenvalue weighted by Gasteiger charge is 2.33. The van der Waals surface area contributed by atoms with Crippen molar-refractivity contribution in [3.63, 3.8) is 0 Å². The summed E-state index contributed by atoms with van der Waals surface area (Å²) in [5.74, 6) is 0.186. The molecule has 3 heterocycles. The Labute approximate surface area is 168 Å². The molecular formula is C17H26BrN3O3S2. The Morgan fingerprint density at radius 2 is 1.65 bits per heavy atom. The molecular weight excluding hydrogens is 438 g/mol. The molecule has 1 aromatic rings. The average Bonchev–Trinajstić information content (AvgIpc) is 2.92. The van der Waals surface area contributed by atoms with Crippen LogP contribution in [0.25, 0.3) is 0 Å². The van der Waals surface area contributed by atoms with Gasteiger partial charge in [0.05, 0.1) is 9.83 Å². The van der Waals surface area contributed by atoms with E-state index in [1.165, 1.54) is 28.5 Å². The fourth-order valence-corrected chi connectivity index (χ4v) is 7.19. The van der Waals surface area contributed by atoms with Crippen molar-refractivity contribution in [3.05, 3.63) is 15.9 Å². The zero-order valence-electron chi connectivity index (χ0n) is 15.1. The Morgan fingerprint density at radius 1 is 1.04 bits per heavy atom. The molecule has 0 saturated carbocycles. The van der Waals surface area contributed by atoms with Gasteiger partial charge in [0, 0.05) is 39.3 Å². The monoisotopic (exact) mass is 463 g/mol. The molecule has 2 aliphatic heterocycles. The molecule has 2 fully saturated rings. The van der Waals surface area contributed by atoms with E-state index in [1.54, 1.807) is 12.1 Å². The van der Waals surface area contributed by atoms with Gasteiger partial charge < -0.3 is 4.90 Å². The number of halogens is 1. The largest absolute Gasteiger partial charge is 0.341 e. The molecule has 0 aliphatic carbocycles. The number of carbonyl (C=O) groups excluding carboxylic acids is 1. The maximum absolute atomic E-state index is 12.8. The van der Waals surface area contributed by atoms with Gasteiger partial charge in [-0.05, 0) is 47.8 Å². The first kappa shape index (κ1) is 20.3. The standard InChI is InChI=1S/C17H26BrN3O3S2/c1-14(17(22)20-8-4-2-3-5-9-20)19-10-12-21(13-11-19)26(23,24)16-7-6-15(18)25-16/h6-7,14H,2-5,8-13H2,1H3. The third-order valence-electron chi connectivity index (χ3n) is 5.24. The van der Waals surface area contributed by atoms with Crippen molar-refractivity contribution >= 4 is 43.2 Å². The second-order valence-corrected chi connectivity index (χ2v) is 11.5. The van der Waals surface area contributed by atoms with Crippen molar-refractivity contribution in [1.29, 1.82) is 0 Å². The number of carbonyl (C=O) groups is 1. The van der Waals surface area contributed by atoms with Gasteiger partial charge in [-0.1, -0.05) is 12.8 Å². The maximum atomic E-state index is 12.8. The Balaban J connectivity index is 1.58. The molecule has 26 heavy (non-hydrogen) atoms. The maximum Gasteiger partial charge on any atom is 0.252 e. The molecule has 0 N–H and O–H groups in total. The van der Waals surface area contributed by atoms with Crippen LogP contribution in [0.3, 0.4) is 0 Å². The molecule has 9 heteroatoms. The number of piperazine rings is 1. The van der Waals surface area contributed by atoms with Crippen molar-refractivity contribution < 1.29 is 13.2 Å². The summed E-state index contributed by atoms with van der Waals surface area (Å²) >= 11 is 4.56. The third kappa shape index (κ3) is 4.49. The van der Waals surface area contributed by atoms with Crippen LogP contribution >= 0.6 is 27.3 Å². The Bertz CT molecular complexity index is 721. The zero-order valence-corrected chi connectivity index (χ0v) is 18.3. The minimum absolute atomic E-state index is 0.186. The first-order valence-electron chi connectivity index (χ1n) is 9.18. The number of rotatable bonds is 4. The lowest BCUT2D eigenvalue weighted by molar-refractivity contribution is -0.136. The summed E-state index contributed by atoms with van der Waals surface area (Å²) in [6.45, 7) is 5.69. The molecule has 0 radical (unpaired) electrons. The average molecular weight is 464 g/mol. The van der Waals surface area contributed by atoms with Crippen LogP contribution in [0.2, 0.25) is 0 Å². The minimum Gasteiger partial charge on any atom is -0.341 e. The molecule has 1 aromatic heterocycles. The molecule has 1 unspecified atom stereocenters. The van der Waals surface area contributed by atoms with E-state index in [0.29, 0.717) is 30.4 Å². The Hall–Kier alpha value is -0.480. The smallest absolute Gasteiger partial charge is 0.252 e. The van der Waals surface area contributed by atoms with E-state index in [9.17, 15) is 13.2 Å². The SMILES string of the molecule is CC(C(=O)N1CCCCCC1)N1CCN(S(=O)(=O)c2ccc(Br)s2)CC1. The topological polar surface area (TPSA) is 60.9 Å². The summed E-state index contributed by atoms with van der Waals surface area (Å²) in [5.41, 5.74) is 0. The van der Waals surface area contributed by atoms with Crippen LogP contribution in [-0.2, 0) is 14.8 Å². The van der Waals surface area contributed by atoms with E-state index in [-0.39, 0.29) is 11.9 Å². The molecule has 146 valence electrons. The van der Waals surface area contributed by atoms with Crippen molar-refractivity contribution in [2.24, 2.45) is 0 Å². The van der Waals surface area contributed by atoms with Crippen molar-refractivity contribution in [1.82, 2.24) is 14.1 Å². The predicted octanol–water partition coefficient (Wildman–Crippen LogP) is 2.61. The van der Waals surface area contributed by atoms with Crippen molar-refractivity contribution in [3.8, 4) is 0 Å². The lowest BCUT2D eigenvalue weighted by Crippen LogP contribution is -2.55. The van der Waals surface area contributed by atoms with E-state index < -0.39 is 10.0 Å². The highest BCUT2D eigenvalue weighted by molar-refractivity contribution is 9.11. The molecule has 3 rings (SSSR count). The lowest BCUT2D eigenvalue weighted by atomic mass is 10.2. The van der Waals surface area contributed by atoms with Gasteiger partial charge in [-0.3, -0.25) is 9.69 Å². The Kier molecular flexibility index (Phi) is 6.77. The van der Waals surface area contributed by atoms with Gasteiger partial charge in [0.1, 0.15) is 4.21 Å². The fourth-order valence-electron chi connectivity index (χ4n) is 3.61. The molecule has 0 bridgehead atoms. The van der Waals surface area contributed by atoms with Gasteiger partial charge in [-0.2, -0.15) is 4.31 Å². The van der Waals surface area contributed by atoms with Gasteiger partial charge >= 0.3 is 0 Å². The van der Waals surface area contributed by atoms with Crippen LogP contribution in [0.1, 0.15) is 32.6 Å². The molecule has 0 spiro atoms. The number of hydrogen-bond acceptors (Lipinski definition) is 5. The second kappa shape index (κ2) is 8.68. The normalized spacial score (nSPS) is 22.2. The summed E-state index contributed by atoms with van der Waals surface area (Å²) < 4.78 is 28.1. The molecule has 0 aromatic carbocycles. The zero-order chi connectivity index (χ0) is 18.7. The van der Waals surface area contributed by atoms with Gasteiger partial charge in [-0.25, -0.2) is 8.42 Å². The third-order valence-corrected chi connectivity index (χ3v) is 9.23. The van der Waals surface area contributed by atoms with Crippen LogP contribution in [0.15, 0.2) is 20.1 Å². The second-order valence-electron chi connectivity index (χ2n) is 6.91. The van der Waals surface area contributed by atoms with E-state index >= 15 is 0 Å². The Morgan fingerprint density at radius 3 is 2.19 bits per heavy atom. The van der Waals surface area contributed by atoms with Crippen molar-refractivity contribution in [2.45, 2.75) is 42.9 Å². The lowest BCUT2D eigenvalue weighted by Gasteiger charge is -2.38. The summed E-state index contributed by atoms with van der Waals surface area (Å²) in [7, 11) is -3.44.